The fraction of sp³-hybridized carbons (Fsp3) is 0.379. The number of carbonyl (C=O) groups is 2. The van der Waals surface area contributed by atoms with Crippen LogP contribution >= 0.6 is 11.6 Å². The van der Waals surface area contributed by atoms with E-state index in [1.165, 1.54) is 12.0 Å². The molecule has 39 heavy (non-hydrogen) atoms. The normalized spacial score (nSPS) is 21.2. The number of hydrogen-bond donors (Lipinski definition) is 4. The zero-order valence-electron chi connectivity index (χ0n) is 21.7. The summed E-state index contributed by atoms with van der Waals surface area (Å²) in [5.41, 5.74) is 2.24. The zero-order valence-corrected chi connectivity index (χ0v) is 22.4. The summed E-state index contributed by atoms with van der Waals surface area (Å²) in [4.78, 5) is 28.4. The van der Waals surface area contributed by atoms with Gasteiger partial charge in [-0.2, -0.15) is 0 Å². The Labute approximate surface area is 232 Å². The van der Waals surface area contributed by atoms with Gasteiger partial charge >= 0.3 is 0 Å². The molecule has 208 valence electrons. The van der Waals surface area contributed by atoms with Gasteiger partial charge in [-0.05, 0) is 47.9 Å². The summed E-state index contributed by atoms with van der Waals surface area (Å²) in [5, 5.41) is 34.0. The van der Waals surface area contributed by atoms with Crippen LogP contribution in [0.2, 0.25) is 5.02 Å². The van der Waals surface area contributed by atoms with Crippen molar-refractivity contribution < 1.29 is 34.4 Å². The van der Waals surface area contributed by atoms with Gasteiger partial charge in [-0.25, -0.2) is 0 Å². The van der Waals surface area contributed by atoms with Gasteiger partial charge in [0.15, 0.2) is 11.5 Å². The van der Waals surface area contributed by atoms with E-state index < -0.39 is 30.1 Å². The quantitative estimate of drug-likeness (QED) is 0.313. The van der Waals surface area contributed by atoms with E-state index in [4.69, 9.17) is 21.1 Å². The van der Waals surface area contributed by atoms with Crippen LogP contribution in [-0.4, -0.2) is 70.5 Å². The number of rotatable bonds is 11. The number of methoxy groups -OCH3 is 1. The highest BCUT2D eigenvalue weighted by molar-refractivity contribution is 6.30. The van der Waals surface area contributed by atoms with Crippen molar-refractivity contribution in [3.8, 4) is 11.5 Å². The number of benzene rings is 2. The summed E-state index contributed by atoms with van der Waals surface area (Å²) in [7, 11) is 1.47. The Morgan fingerprint density at radius 1 is 1.21 bits per heavy atom. The summed E-state index contributed by atoms with van der Waals surface area (Å²) in [6.07, 6.45) is 1.77. The van der Waals surface area contributed by atoms with E-state index in [9.17, 15) is 24.9 Å². The summed E-state index contributed by atoms with van der Waals surface area (Å²) in [6.45, 7) is 3.39. The van der Waals surface area contributed by atoms with Gasteiger partial charge in [0.05, 0.1) is 32.3 Å². The molecule has 0 saturated heterocycles. The average molecular weight is 557 g/mol. The second kappa shape index (κ2) is 12.7. The molecule has 1 heterocycles. The van der Waals surface area contributed by atoms with Gasteiger partial charge in [0.2, 0.25) is 11.8 Å². The van der Waals surface area contributed by atoms with Gasteiger partial charge in [-0.15, -0.1) is 6.58 Å². The maximum atomic E-state index is 13.5. The second-order valence-corrected chi connectivity index (χ2v) is 9.93. The molecule has 9 nitrogen and oxygen atoms in total. The molecular weight excluding hydrogens is 524 g/mol. The summed E-state index contributed by atoms with van der Waals surface area (Å²) >= 11 is 6.05. The number of carbonyl (C=O) groups excluding carboxylic acids is 2. The molecular formula is C29H33ClN2O7. The Morgan fingerprint density at radius 3 is 2.59 bits per heavy atom. The number of nitrogens with one attached hydrogen (secondary N) is 1. The standard InChI is InChI=1S/C29H33ClN2O7/c1-3-4-5-24(35)32(15-17-6-8-19(30)9-7-17)22-14-21(29(37)31-10-11-33)25-20-12-18(16-34)13-23(38-2)27(20)39-28(25)26(22)36/h3,6-9,12-14,22,25-26,28,33-34,36H,1,4-5,10-11,15-16H2,2H3,(H,31,37)/t22-,25+,26+,28+/m1/s1. The molecule has 0 saturated carbocycles. The van der Waals surface area contributed by atoms with Crippen LogP contribution in [0.25, 0.3) is 0 Å². The predicted octanol–water partition coefficient (Wildman–Crippen LogP) is 2.46. The van der Waals surface area contributed by atoms with Crippen LogP contribution in [0.15, 0.2) is 60.7 Å². The minimum atomic E-state index is -1.20. The molecule has 2 aromatic rings. The van der Waals surface area contributed by atoms with Crippen molar-refractivity contribution in [2.75, 3.05) is 20.3 Å². The number of ether oxygens (including phenoxy) is 2. The summed E-state index contributed by atoms with van der Waals surface area (Å²) in [6, 6.07) is 9.52. The third-order valence-electron chi connectivity index (χ3n) is 7.00. The average Bonchev–Trinajstić information content (AvgIpc) is 3.34. The SMILES string of the molecule is C=CCCC(=O)N(Cc1ccc(Cl)cc1)[C@@H]1C=C(C(=O)NCCO)[C@@H]2c3cc(CO)cc(OC)c3O[C@@H]2[C@H]1O. The van der Waals surface area contributed by atoms with Gasteiger partial charge < -0.3 is 35.0 Å². The number of hydrogen-bond acceptors (Lipinski definition) is 7. The molecule has 2 aliphatic rings. The molecule has 0 radical (unpaired) electrons. The first-order valence-corrected chi connectivity index (χ1v) is 13.1. The molecule has 10 heteroatoms. The van der Waals surface area contributed by atoms with Crippen molar-refractivity contribution in [2.24, 2.45) is 0 Å². The van der Waals surface area contributed by atoms with Crippen LogP contribution < -0.4 is 14.8 Å². The lowest BCUT2D eigenvalue weighted by molar-refractivity contribution is -0.138. The van der Waals surface area contributed by atoms with Gasteiger partial charge in [0.25, 0.3) is 0 Å². The third-order valence-corrected chi connectivity index (χ3v) is 7.26. The molecule has 0 unspecified atom stereocenters. The van der Waals surface area contributed by atoms with Crippen molar-refractivity contribution in [2.45, 2.75) is 50.2 Å². The van der Waals surface area contributed by atoms with Crippen LogP contribution in [0.4, 0.5) is 0 Å². The van der Waals surface area contributed by atoms with E-state index >= 15 is 0 Å². The number of allylic oxidation sites excluding steroid dienone is 1. The van der Waals surface area contributed by atoms with Crippen LogP contribution in [0.1, 0.15) is 35.4 Å². The highest BCUT2D eigenvalue weighted by Gasteiger charge is 2.51. The topological polar surface area (TPSA) is 129 Å². The first kappa shape index (κ1) is 28.6. The van der Waals surface area contributed by atoms with Crippen LogP contribution in [0.5, 0.6) is 11.5 Å². The van der Waals surface area contributed by atoms with Gasteiger partial charge in [0, 0.05) is 35.7 Å². The predicted molar refractivity (Wildman–Crippen MR) is 145 cm³/mol. The molecule has 0 aromatic heterocycles. The maximum absolute atomic E-state index is 13.5. The van der Waals surface area contributed by atoms with E-state index in [0.29, 0.717) is 34.1 Å². The number of halogens is 1. The van der Waals surface area contributed by atoms with Crippen molar-refractivity contribution in [3.05, 3.63) is 82.4 Å². The molecule has 0 spiro atoms. The maximum Gasteiger partial charge on any atom is 0.247 e. The highest BCUT2D eigenvalue weighted by Crippen LogP contribution is 2.51. The minimum Gasteiger partial charge on any atom is -0.493 e. The highest BCUT2D eigenvalue weighted by atomic mass is 35.5. The number of amides is 2. The Kier molecular flexibility index (Phi) is 9.29. The van der Waals surface area contributed by atoms with E-state index in [-0.39, 0.29) is 44.2 Å². The molecule has 0 bridgehead atoms. The Bertz CT molecular complexity index is 1250. The summed E-state index contributed by atoms with van der Waals surface area (Å²) < 4.78 is 11.7. The number of aliphatic hydroxyl groups excluding tert-OH is 3. The van der Waals surface area contributed by atoms with Crippen LogP contribution in [-0.2, 0) is 22.7 Å². The van der Waals surface area contributed by atoms with Crippen molar-refractivity contribution in [3.63, 3.8) is 0 Å². The number of aliphatic hydroxyl groups is 3. The molecule has 1 aliphatic heterocycles. The van der Waals surface area contributed by atoms with Gasteiger partial charge in [-0.1, -0.05) is 29.8 Å². The lowest BCUT2D eigenvalue weighted by Gasteiger charge is -2.40. The fourth-order valence-corrected chi connectivity index (χ4v) is 5.26. The number of nitrogens with zero attached hydrogens (tertiary/aromatic N) is 1. The zero-order chi connectivity index (χ0) is 28.1. The van der Waals surface area contributed by atoms with Gasteiger partial charge in [0.1, 0.15) is 12.2 Å². The van der Waals surface area contributed by atoms with Crippen molar-refractivity contribution in [1.29, 1.82) is 0 Å². The molecule has 2 amide bonds. The summed E-state index contributed by atoms with van der Waals surface area (Å²) in [5.74, 6) is -0.636. The molecule has 2 aromatic carbocycles. The molecule has 4 N–H and O–H groups in total. The first-order valence-electron chi connectivity index (χ1n) is 12.7. The third kappa shape index (κ3) is 5.96. The second-order valence-electron chi connectivity index (χ2n) is 9.49. The lowest BCUT2D eigenvalue weighted by atomic mass is 9.77. The van der Waals surface area contributed by atoms with Crippen LogP contribution in [0.3, 0.4) is 0 Å². The van der Waals surface area contributed by atoms with Crippen molar-refractivity contribution >= 4 is 23.4 Å². The minimum absolute atomic E-state index is 0.0290. The smallest absolute Gasteiger partial charge is 0.247 e. The lowest BCUT2D eigenvalue weighted by Crippen LogP contribution is -2.55. The van der Waals surface area contributed by atoms with E-state index in [1.807, 2.05) is 0 Å². The largest absolute Gasteiger partial charge is 0.493 e. The Morgan fingerprint density at radius 2 is 1.95 bits per heavy atom. The Hall–Kier alpha value is -3.37. The van der Waals surface area contributed by atoms with Gasteiger partial charge in [-0.3, -0.25) is 9.59 Å². The molecule has 4 rings (SSSR count). The monoisotopic (exact) mass is 556 g/mol. The first-order chi connectivity index (χ1) is 18.8. The van der Waals surface area contributed by atoms with E-state index in [2.05, 4.69) is 11.9 Å². The van der Waals surface area contributed by atoms with Crippen molar-refractivity contribution in [1.82, 2.24) is 10.2 Å². The fourth-order valence-electron chi connectivity index (χ4n) is 5.13. The Balaban J connectivity index is 1.80. The molecule has 4 atom stereocenters. The van der Waals surface area contributed by atoms with E-state index in [1.54, 1.807) is 48.6 Å². The van der Waals surface area contributed by atoms with E-state index in [0.717, 1.165) is 5.56 Å². The number of fused-ring (bicyclic) bond motifs is 3. The van der Waals surface area contributed by atoms with Crippen LogP contribution in [0, 0.1) is 0 Å². The molecule has 1 aliphatic carbocycles. The molecule has 0 fully saturated rings.